The number of aliphatic carboxylic acids is 1. The van der Waals surface area contributed by atoms with Crippen LogP contribution >= 0.6 is 0 Å². The Labute approximate surface area is 95.7 Å². The minimum Gasteiger partial charge on any atom is -0.481 e. The van der Waals surface area contributed by atoms with Gasteiger partial charge in [0.1, 0.15) is 5.82 Å². The average molecular weight is 225 g/mol. The number of carboxylic acids is 1. The molecule has 16 heavy (non-hydrogen) atoms. The summed E-state index contributed by atoms with van der Waals surface area (Å²) in [6, 6.07) is 0. The Morgan fingerprint density at radius 3 is 2.88 bits per heavy atom. The summed E-state index contributed by atoms with van der Waals surface area (Å²) >= 11 is 0. The fourth-order valence-electron chi connectivity index (χ4n) is 1.53. The molecule has 1 N–H and O–H groups in total. The van der Waals surface area contributed by atoms with Gasteiger partial charge in [-0.2, -0.15) is 0 Å². The van der Waals surface area contributed by atoms with E-state index < -0.39 is 5.97 Å². The van der Waals surface area contributed by atoms with E-state index in [0.29, 0.717) is 0 Å². The smallest absolute Gasteiger partial charge is 0.303 e. The second-order valence-electron chi connectivity index (χ2n) is 4.04. The van der Waals surface area contributed by atoms with Crippen molar-refractivity contribution in [3.05, 3.63) is 18.2 Å². The zero-order valence-electron chi connectivity index (χ0n) is 9.89. The van der Waals surface area contributed by atoms with Gasteiger partial charge in [0, 0.05) is 25.9 Å². The lowest BCUT2D eigenvalue weighted by Gasteiger charge is -2.15. The summed E-state index contributed by atoms with van der Waals surface area (Å²) in [7, 11) is 4.00. The molecule has 0 radical (unpaired) electrons. The number of aryl methyl sites for hydroxylation is 1. The van der Waals surface area contributed by atoms with Crippen LogP contribution in [-0.4, -0.2) is 39.1 Å². The number of aromatic nitrogens is 2. The normalized spacial score (nSPS) is 10.9. The second-order valence-corrected chi connectivity index (χ2v) is 4.04. The van der Waals surface area contributed by atoms with Gasteiger partial charge in [0.15, 0.2) is 0 Å². The van der Waals surface area contributed by atoms with Crippen molar-refractivity contribution in [2.75, 3.05) is 13.6 Å². The molecule has 0 spiro atoms. The van der Waals surface area contributed by atoms with E-state index in [1.807, 2.05) is 24.9 Å². The molecule has 0 aliphatic carbocycles. The molecular formula is C11H19N3O2. The van der Waals surface area contributed by atoms with Crippen LogP contribution in [0.25, 0.3) is 0 Å². The highest BCUT2D eigenvalue weighted by Crippen LogP contribution is 2.02. The Morgan fingerprint density at radius 1 is 1.56 bits per heavy atom. The molecule has 0 aromatic carbocycles. The van der Waals surface area contributed by atoms with Crippen molar-refractivity contribution >= 4 is 5.97 Å². The predicted molar refractivity (Wildman–Crippen MR) is 61.0 cm³/mol. The highest BCUT2D eigenvalue weighted by molar-refractivity contribution is 5.66. The topological polar surface area (TPSA) is 58.4 Å². The zero-order chi connectivity index (χ0) is 12.0. The Bertz CT molecular complexity index is 336. The van der Waals surface area contributed by atoms with Crippen molar-refractivity contribution in [1.82, 2.24) is 14.5 Å². The second kappa shape index (κ2) is 6.27. The lowest BCUT2D eigenvalue weighted by molar-refractivity contribution is -0.137. The number of hydrogen-bond donors (Lipinski definition) is 1. The molecule has 0 unspecified atom stereocenters. The van der Waals surface area contributed by atoms with Gasteiger partial charge in [-0.15, -0.1) is 0 Å². The highest BCUT2D eigenvalue weighted by atomic mass is 16.4. The molecule has 0 saturated heterocycles. The van der Waals surface area contributed by atoms with Gasteiger partial charge in [0.05, 0.1) is 6.54 Å². The Hall–Kier alpha value is -1.36. The summed E-state index contributed by atoms with van der Waals surface area (Å²) in [5.74, 6) is 0.312. The van der Waals surface area contributed by atoms with Crippen LogP contribution in [0, 0.1) is 0 Å². The van der Waals surface area contributed by atoms with Gasteiger partial charge in [-0.25, -0.2) is 4.98 Å². The molecule has 0 amide bonds. The molecule has 0 saturated carbocycles. The first-order valence-electron chi connectivity index (χ1n) is 5.46. The molecule has 1 heterocycles. The molecular weight excluding hydrogens is 206 g/mol. The van der Waals surface area contributed by atoms with Crippen molar-refractivity contribution in [2.24, 2.45) is 7.05 Å². The van der Waals surface area contributed by atoms with Crippen LogP contribution in [0.15, 0.2) is 12.4 Å². The molecule has 1 aromatic rings. The van der Waals surface area contributed by atoms with E-state index in [-0.39, 0.29) is 6.42 Å². The summed E-state index contributed by atoms with van der Waals surface area (Å²) in [5, 5.41) is 8.50. The van der Waals surface area contributed by atoms with E-state index in [2.05, 4.69) is 9.88 Å². The number of unbranched alkanes of at least 4 members (excludes halogenated alkanes) is 1. The maximum absolute atomic E-state index is 10.3. The van der Waals surface area contributed by atoms with E-state index in [0.717, 1.165) is 31.8 Å². The minimum atomic E-state index is -0.716. The molecule has 0 bridgehead atoms. The van der Waals surface area contributed by atoms with Gasteiger partial charge < -0.3 is 9.67 Å². The van der Waals surface area contributed by atoms with Crippen LogP contribution in [0.2, 0.25) is 0 Å². The summed E-state index contributed by atoms with van der Waals surface area (Å²) in [6.07, 6.45) is 5.62. The van der Waals surface area contributed by atoms with Gasteiger partial charge in [-0.3, -0.25) is 9.69 Å². The largest absolute Gasteiger partial charge is 0.481 e. The van der Waals surface area contributed by atoms with Crippen molar-refractivity contribution in [3.63, 3.8) is 0 Å². The maximum Gasteiger partial charge on any atom is 0.303 e. The molecule has 0 fully saturated rings. The minimum absolute atomic E-state index is 0.260. The van der Waals surface area contributed by atoms with Gasteiger partial charge in [-0.05, 0) is 26.4 Å². The fourth-order valence-corrected chi connectivity index (χ4v) is 1.53. The Balaban J connectivity index is 2.19. The third-order valence-corrected chi connectivity index (χ3v) is 2.51. The van der Waals surface area contributed by atoms with Crippen molar-refractivity contribution < 1.29 is 9.90 Å². The van der Waals surface area contributed by atoms with E-state index >= 15 is 0 Å². The number of nitrogens with zero attached hydrogens (tertiary/aromatic N) is 3. The first kappa shape index (κ1) is 12.7. The number of carbonyl (C=O) groups is 1. The lowest BCUT2D eigenvalue weighted by atomic mass is 10.2. The number of carboxylic acid groups (broad SMARTS) is 1. The Kier molecular flexibility index (Phi) is 4.98. The summed E-state index contributed by atoms with van der Waals surface area (Å²) in [4.78, 5) is 16.7. The molecule has 1 rings (SSSR count). The predicted octanol–water partition coefficient (Wildman–Crippen LogP) is 1.11. The quantitative estimate of drug-likeness (QED) is 0.706. The lowest BCUT2D eigenvalue weighted by Crippen LogP contribution is -2.21. The van der Waals surface area contributed by atoms with E-state index in [1.165, 1.54) is 0 Å². The molecule has 5 nitrogen and oxygen atoms in total. The monoisotopic (exact) mass is 225 g/mol. The van der Waals surface area contributed by atoms with Crippen LogP contribution in [0.4, 0.5) is 0 Å². The van der Waals surface area contributed by atoms with Crippen LogP contribution in [-0.2, 0) is 18.4 Å². The van der Waals surface area contributed by atoms with Gasteiger partial charge >= 0.3 is 5.97 Å². The van der Waals surface area contributed by atoms with Gasteiger partial charge in [0.25, 0.3) is 0 Å². The van der Waals surface area contributed by atoms with Crippen LogP contribution in [0.5, 0.6) is 0 Å². The fraction of sp³-hybridized carbons (Fsp3) is 0.636. The summed E-state index contributed by atoms with van der Waals surface area (Å²) in [5.41, 5.74) is 0. The van der Waals surface area contributed by atoms with E-state index in [9.17, 15) is 4.79 Å². The molecule has 0 aliphatic heterocycles. The average Bonchev–Trinajstić information content (AvgIpc) is 2.59. The van der Waals surface area contributed by atoms with E-state index in [1.54, 1.807) is 6.20 Å². The van der Waals surface area contributed by atoms with Crippen molar-refractivity contribution in [3.8, 4) is 0 Å². The van der Waals surface area contributed by atoms with Crippen molar-refractivity contribution in [1.29, 1.82) is 0 Å². The third-order valence-electron chi connectivity index (χ3n) is 2.51. The maximum atomic E-state index is 10.3. The standard InChI is InChI=1S/C11H19N3O2/c1-13(7-4-3-5-11(15)16)9-10-12-6-8-14(10)2/h6,8H,3-5,7,9H2,1-2H3,(H,15,16). The van der Waals surface area contributed by atoms with Crippen LogP contribution in [0.1, 0.15) is 25.1 Å². The van der Waals surface area contributed by atoms with Gasteiger partial charge in [-0.1, -0.05) is 0 Å². The number of hydrogen-bond acceptors (Lipinski definition) is 3. The molecule has 5 heteroatoms. The summed E-state index contributed by atoms with van der Waals surface area (Å²) < 4.78 is 1.99. The molecule has 0 atom stereocenters. The van der Waals surface area contributed by atoms with Crippen LogP contribution < -0.4 is 0 Å². The zero-order valence-corrected chi connectivity index (χ0v) is 9.89. The van der Waals surface area contributed by atoms with Crippen molar-refractivity contribution in [2.45, 2.75) is 25.8 Å². The molecule has 90 valence electrons. The SMILES string of the molecule is CN(CCCCC(=O)O)Cc1nccn1C. The van der Waals surface area contributed by atoms with Gasteiger partial charge in [0.2, 0.25) is 0 Å². The first-order chi connectivity index (χ1) is 7.59. The van der Waals surface area contributed by atoms with E-state index in [4.69, 9.17) is 5.11 Å². The number of imidazole rings is 1. The highest BCUT2D eigenvalue weighted by Gasteiger charge is 2.04. The third kappa shape index (κ3) is 4.44. The molecule has 1 aromatic heterocycles. The van der Waals surface area contributed by atoms with Crippen LogP contribution in [0.3, 0.4) is 0 Å². The Morgan fingerprint density at radius 2 is 2.31 bits per heavy atom. The number of rotatable bonds is 7. The first-order valence-corrected chi connectivity index (χ1v) is 5.46. The summed E-state index contributed by atoms with van der Waals surface area (Å²) in [6.45, 7) is 1.71. The molecule has 0 aliphatic rings.